The molecule has 1 unspecified atom stereocenters. The van der Waals surface area contributed by atoms with Crippen LogP contribution in [-0.2, 0) is 9.53 Å². The normalized spacial score (nSPS) is 16.1. The van der Waals surface area contributed by atoms with Crippen molar-refractivity contribution in [2.75, 3.05) is 0 Å². The third-order valence-corrected chi connectivity index (χ3v) is 3.17. The van der Waals surface area contributed by atoms with Crippen molar-refractivity contribution in [3.63, 3.8) is 0 Å². The van der Waals surface area contributed by atoms with Crippen molar-refractivity contribution in [2.24, 2.45) is 5.41 Å². The number of hydrogen-bond acceptors (Lipinski definition) is 5. The van der Waals surface area contributed by atoms with Gasteiger partial charge in [-0.1, -0.05) is 13.8 Å². The maximum Gasteiger partial charge on any atom is 0.408 e. The summed E-state index contributed by atoms with van der Waals surface area (Å²) in [5.41, 5.74) is -2.33. The number of nitrogens with one attached hydrogen (secondary N) is 1. The summed E-state index contributed by atoms with van der Waals surface area (Å²) in [5.74, 6) is 0. The van der Waals surface area contributed by atoms with Crippen LogP contribution < -0.4 is 5.32 Å². The van der Waals surface area contributed by atoms with Crippen LogP contribution in [-0.4, -0.2) is 34.7 Å². The maximum atomic E-state index is 11.7. The molecule has 0 aliphatic carbocycles. The Hall–Kier alpha value is -1.61. The largest absolute Gasteiger partial charge is 0.444 e. The Labute approximate surface area is 132 Å². The Kier molecular flexibility index (Phi) is 7.04. The first-order chi connectivity index (χ1) is 9.80. The lowest BCUT2D eigenvalue weighted by Crippen LogP contribution is -2.42. The summed E-state index contributed by atoms with van der Waals surface area (Å²) in [6.07, 6.45) is 1.29. The Bertz CT molecular complexity index is 430. The molecule has 126 valence electrons. The van der Waals surface area contributed by atoms with E-state index in [0.29, 0.717) is 25.5 Å². The third kappa shape index (κ3) is 9.35. The zero-order valence-corrected chi connectivity index (χ0v) is 14.4. The number of ether oxygens (including phenoxy) is 1. The highest BCUT2D eigenvalue weighted by Gasteiger charge is 2.29. The van der Waals surface area contributed by atoms with Crippen LogP contribution >= 0.6 is 0 Å². The topological polar surface area (TPSA) is 99.4 Å². The molecule has 0 aliphatic rings. The molecule has 0 aromatic rings. The summed E-state index contributed by atoms with van der Waals surface area (Å²) >= 11 is 0. The molecule has 6 heteroatoms. The summed E-state index contributed by atoms with van der Waals surface area (Å²) in [6, 6.07) is 1.17. The average molecular weight is 312 g/mol. The first kappa shape index (κ1) is 20.4. The molecule has 22 heavy (non-hydrogen) atoms. The summed E-state index contributed by atoms with van der Waals surface area (Å²) in [5, 5.41) is 21.1. The number of nitriles is 1. The fourth-order valence-electron chi connectivity index (χ4n) is 1.93. The fraction of sp³-hybridized carbons (Fsp3) is 0.812. The predicted molar refractivity (Wildman–Crippen MR) is 83.1 cm³/mol. The van der Waals surface area contributed by atoms with Gasteiger partial charge in [0.1, 0.15) is 17.5 Å². The van der Waals surface area contributed by atoms with Crippen LogP contribution in [0.2, 0.25) is 0 Å². The van der Waals surface area contributed by atoms with Crippen LogP contribution in [0.3, 0.4) is 0 Å². The standard InChI is InChI=1S/C16H28N2O4/c1-14(2,3)22-13(20)18-12(10-19)9-15(4,5)7-8-16(6,21)11-17/h10,12,21H,7-9H2,1-6H3,(H,18,20)/t12-,16?/m0/s1. The molecule has 0 aromatic heterocycles. The van der Waals surface area contributed by atoms with Crippen LogP contribution in [0.1, 0.15) is 60.8 Å². The number of rotatable bonds is 7. The number of alkyl carbamates (subject to hydrolysis) is 1. The van der Waals surface area contributed by atoms with Crippen LogP contribution in [0.4, 0.5) is 4.79 Å². The molecule has 2 atom stereocenters. The lowest BCUT2D eigenvalue weighted by Gasteiger charge is -2.30. The summed E-state index contributed by atoms with van der Waals surface area (Å²) < 4.78 is 5.12. The highest BCUT2D eigenvalue weighted by atomic mass is 16.6. The molecule has 0 radical (unpaired) electrons. The van der Waals surface area contributed by atoms with Gasteiger partial charge >= 0.3 is 6.09 Å². The zero-order chi connectivity index (χ0) is 17.6. The van der Waals surface area contributed by atoms with Crippen molar-refractivity contribution in [1.29, 1.82) is 5.26 Å². The minimum atomic E-state index is -1.38. The molecule has 0 fully saturated rings. The highest BCUT2D eigenvalue weighted by molar-refractivity contribution is 5.73. The molecule has 0 spiro atoms. The number of aliphatic hydroxyl groups is 1. The van der Waals surface area contributed by atoms with Gasteiger partial charge in [0.05, 0.1) is 12.1 Å². The van der Waals surface area contributed by atoms with Gasteiger partial charge in [-0.05, 0) is 52.4 Å². The van der Waals surface area contributed by atoms with Crippen molar-refractivity contribution < 1.29 is 19.4 Å². The lowest BCUT2D eigenvalue weighted by molar-refractivity contribution is -0.110. The van der Waals surface area contributed by atoms with Gasteiger partial charge in [-0.25, -0.2) is 4.79 Å². The van der Waals surface area contributed by atoms with E-state index in [0.717, 1.165) is 0 Å². The van der Waals surface area contributed by atoms with E-state index in [2.05, 4.69) is 5.32 Å². The van der Waals surface area contributed by atoms with E-state index in [1.165, 1.54) is 6.92 Å². The molecule has 0 saturated heterocycles. The third-order valence-electron chi connectivity index (χ3n) is 3.17. The van der Waals surface area contributed by atoms with Gasteiger partial charge < -0.3 is 20.0 Å². The van der Waals surface area contributed by atoms with Crippen molar-refractivity contribution in [1.82, 2.24) is 5.32 Å². The second kappa shape index (κ2) is 7.59. The number of hydrogen-bond donors (Lipinski definition) is 2. The molecular weight excluding hydrogens is 284 g/mol. The van der Waals surface area contributed by atoms with Crippen molar-refractivity contribution >= 4 is 12.4 Å². The van der Waals surface area contributed by atoms with Crippen molar-refractivity contribution in [3.05, 3.63) is 0 Å². The van der Waals surface area contributed by atoms with Crippen molar-refractivity contribution in [3.8, 4) is 6.07 Å². The minimum absolute atomic E-state index is 0.300. The van der Waals surface area contributed by atoms with E-state index in [4.69, 9.17) is 10.00 Å². The number of carbonyl (C=O) groups excluding carboxylic acids is 2. The van der Waals surface area contributed by atoms with Gasteiger partial charge in [-0.3, -0.25) is 0 Å². The molecule has 6 nitrogen and oxygen atoms in total. The van der Waals surface area contributed by atoms with Crippen molar-refractivity contribution in [2.45, 2.75) is 78.0 Å². The van der Waals surface area contributed by atoms with Crippen LogP contribution in [0, 0.1) is 16.7 Å². The summed E-state index contributed by atoms with van der Waals surface area (Å²) in [7, 11) is 0. The number of carbonyl (C=O) groups is 2. The fourth-order valence-corrected chi connectivity index (χ4v) is 1.93. The smallest absolute Gasteiger partial charge is 0.408 e. The molecule has 2 N–H and O–H groups in total. The van der Waals surface area contributed by atoms with Gasteiger partial charge in [0.2, 0.25) is 0 Å². The Morgan fingerprint density at radius 3 is 2.23 bits per heavy atom. The SMILES string of the molecule is CC(O)(C#N)CCC(C)(C)C[C@@H](C=O)NC(=O)OC(C)(C)C. The number of aldehydes is 1. The van der Waals surface area contributed by atoms with Crippen LogP contribution in [0.15, 0.2) is 0 Å². The van der Waals surface area contributed by atoms with E-state index in [9.17, 15) is 14.7 Å². The van der Waals surface area contributed by atoms with Gasteiger partial charge in [-0.2, -0.15) is 5.26 Å². The molecule has 0 bridgehead atoms. The molecule has 0 aromatic carbocycles. The first-order valence-corrected chi connectivity index (χ1v) is 7.39. The molecular formula is C16H28N2O4. The van der Waals surface area contributed by atoms with E-state index in [1.807, 2.05) is 19.9 Å². The average Bonchev–Trinajstić information content (AvgIpc) is 2.33. The van der Waals surface area contributed by atoms with E-state index < -0.39 is 23.3 Å². The lowest BCUT2D eigenvalue weighted by atomic mass is 9.79. The van der Waals surface area contributed by atoms with Gasteiger partial charge in [-0.15, -0.1) is 0 Å². The Morgan fingerprint density at radius 1 is 1.27 bits per heavy atom. The van der Waals surface area contributed by atoms with Gasteiger partial charge in [0, 0.05) is 0 Å². The quantitative estimate of drug-likeness (QED) is 0.556. The Balaban J connectivity index is 4.56. The summed E-state index contributed by atoms with van der Waals surface area (Å²) in [6.45, 7) is 10.5. The van der Waals surface area contributed by atoms with E-state index >= 15 is 0 Å². The number of nitrogens with zero attached hydrogens (tertiary/aromatic N) is 1. The molecule has 0 saturated carbocycles. The second-order valence-electron chi connectivity index (χ2n) is 7.64. The van der Waals surface area contributed by atoms with Crippen LogP contribution in [0.25, 0.3) is 0 Å². The highest BCUT2D eigenvalue weighted by Crippen LogP contribution is 2.30. The molecule has 1 amide bonds. The molecule has 0 rings (SSSR count). The molecule has 0 heterocycles. The van der Waals surface area contributed by atoms with E-state index in [-0.39, 0.29) is 5.41 Å². The molecule has 0 aliphatic heterocycles. The van der Waals surface area contributed by atoms with Gasteiger partial charge in [0.15, 0.2) is 0 Å². The summed E-state index contributed by atoms with van der Waals surface area (Å²) in [4.78, 5) is 22.9. The first-order valence-electron chi connectivity index (χ1n) is 7.39. The monoisotopic (exact) mass is 312 g/mol. The Morgan fingerprint density at radius 2 is 1.82 bits per heavy atom. The predicted octanol–water partition coefficient (Wildman–Crippen LogP) is 2.55. The maximum absolute atomic E-state index is 11.7. The minimum Gasteiger partial charge on any atom is -0.444 e. The van der Waals surface area contributed by atoms with Gasteiger partial charge in [0.25, 0.3) is 0 Å². The zero-order valence-electron chi connectivity index (χ0n) is 14.4. The van der Waals surface area contributed by atoms with E-state index in [1.54, 1.807) is 20.8 Å². The number of amides is 1. The van der Waals surface area contributed by atoms with Crippen LogP contribution in [0.5, 0.6) is 0 Å². The second-order valence-corrected chi connectivity index (χ2v) is 7.64.